The van der Waals surface area contributed by atoms with Crippen molar-refractivity contribution in [3.63, 3.8) is 0 Å². The molecule has 2 aliphatic heterocycles. The van der Waals surface area contributed by atoms with Crippen LogP contribution in [-0.2, 0) is 22.4 Å². The summed E-state index contributed by atoms with van der Waals surface area (Å²) in [5.41, 5.74) is 1.25. The Labute approximate surface area is 166 Å². The van der Waals surface area contributed by atoms with Gasteiger partial charge in [-0.15, -0.1) is 0 Å². The summed E-state index contributed by atoms with van der Waals surface area (Å²) < 4.78 is 16.8. The van der Waals surface area contributed by atoms with E-state index in [4.69, 9.17) is 14.0 Å². The topological polar surface area (TPSA) is 73.5 Å². The maximum Gasteiger partial charge on any atom is 0.231 e. The highest BCUT2D eigenvalue weighted by Gasteiger charge is 2.26. The van der Waals surface area contributed by atoms with E-state index in [2.05, 4.69) is 26.1 Å². The Kier molecular flexibility index (Phi) is 7.02. The predicted octanol–water partition coefficient (Wildman–Crippen LogP) is 2.83. The quantitative estimate of drug-likeness (QED) is 0.646. The second kappa shape index (κ2) is 10.1. The summed E-state index contributed by atoms with van der Waals surface area (Å²) in [5, 5.41) is 4.17. The van der Waals surface area contributed by atoms with Crippen molar-refractivity contribution in [3.05, 3.63) is 41.8 Å². The highest BCUT2D eigenvalue weighted by Crippen LogP contribution is 2.26. The van der Waals surface area contributed by atoms with E-state index >= 15 is 0 Å². The molecule has 28 heavy (non-hydrogen) atoms. The fourth-order valence-electron chi connectivity index (χ4n) is 4.01. The Hall–Kier alpha value is -1.83. The van der Waals surface area contributed by atoms with E-state index in [-0.39, 0.29) is 0 Å². The SMILES string of the molecule is c1cncc(CN2CCCC(c3nc(CCOCC4CCOCC4)no3)C2)c1. The van der Waals surface area contributed by atoms with Crippen molar-refractivity contribution in [2.75, 3.05) is 39.5 Å². The van der Waals surface area contributed by atoms with Gasteiger partial charge in [0.05, 0.1) is 12.5 Å². The second-order valence-electron chi connectivity index (χ2n) is 7.87. The van der Waals surface area contributed by atoms with E-state index in [1.807, 2.05) is 18.5 Å². The largest absolute Gasteiger partial charge is 0.381 e. The van der Waals surface area contributed by atoms with Crippen LogP contribution in [0.4, 0.5) is 0 Å². The van der Waals surface area contributed by atoms with Gasteiger partial charge in [0.15, 0.2) is 5.82 Å². The monoisotopic (exact) mass is 386 g/mol. The molecular formula is C21H30N4O3. The van der Waals surface area contributed by atoms with Crippen LogP contribution in [0.1, 0.15) is 48.9 Å². The number of hydrogen-bond donors (Lipinski definition) is 0. The minimum atomic E-state index is 0.315. The van der Waals surface area contributed by atoms with Crippen LogP contribution in [0.5, 0.6) is 0 Å². The molecule has 152 valence electrons. The molecular weight excluding hydrogens is 356 g/mol. The van der Waals surface area contributed by atoms with Gasteiger partial charge in [0.1, 0.15) is 0 Å². The molecule has 0 saturated carbocycles. The smallest absolute Gasteiger partial charge is 0.231 e. The molecule has 0 bridgehead atoms. The third kappa shape index (κ3) is 5.59. The summed E-state index contributed by atoms with van der Waals surface area (Å²) in [6, 6.07) is 4.12. The first-order valence-electron chi connectivity index (χ1n) is 10.5. The van der Waals surface area contributed by atoms with Gasteiger partial charge in [0.2, 0.25) is 5.89 Å². The Balaban J connectivity index is 1.21. The lowest BCUT2D eigenvalue weighted by atomic mass is 9.97. The fourth-order valence-corrected chi connectivity index (χ4v) is 4.01. The molecule has 0 aliphatic carbocycles. The van der Waals surface area contributed by atoms with Crippen LogP contribution >= 0.6 is 0 Å². The van der Waals surface area contributed by atoms with Crippen LogP contribution < -0.4 is 0 Å². The summed E-state index contributed by atoms with van der Waals surface area (Å²) in [7, 11) is 0. The summed E-state index contributed by atoms with van der Waals surface area (Å²) in [6.45, 7) is 6.16. The maximum atomic E-state index is 5.82. The van der Waals surface area contributed by atoms with Gasteiger partial charge >= 0.3 is 0 Å². The first-order valence-corrected chi connectivity index (χ1v) is 10.5. The predicted molar refractivity (Wildman–Crippen MR) is 104 cm³/mol. The van der Waals surface area contributed by atoms with Gasteiger partial charge in [-0.2, -0.15) is 4.98 Å². The Morgan fingerprint density at radius 2 is 2.14 bits per heavy atom. The number of pyridine rings is 1. The van der Waals surface area contributed by atoms with Gasteiger partial charge in [0.25, 0.3) is 0 Å². The average molecular weight is 386 g/mol. The van der Waals surface area contributed by atoms with Crippen LogP contribution in [0.15, 0.2) is 29.0 Å². The van der Waals surface area contributed by atoms with Gasteiger partial charge in [-0.25, -0.2) is 0 Å². The summed E-state index contributed by atoms with van der Waals surface area (Å²) in [4.78, 5) is 11.3. The van der Waals surface area contributed by atoms with Crippen LogP contribution in [0.2, 0.25) is 0 Å². The zero-order valence-corrected chi connectivity index (χ0v) is 16.5. The highest BCUT2D eigenvalue weighted by molar-refractivity contribution is 5.09. The summed E-state index contributed by atoms with van der Waals surface area (Å²) in [6.07, 6.45) is 8.92. The number of nitrogens with zero attached hydrogens (tertiary/aromatic N) is 4. The lowest BCUT2D eigenvalue weighted by molar-refractivity contribution is 0.0211. The third-order valence-electron chi connectivity index (χ3n) is 5.63. The zero-order valence-electron chi connectivity index (χ0n) is 16.5. The standard InChI is InChI=1S/C21H30N4O3/c1-3-18(13-22-8-1)14-25-9-2-4-19(15-25)21-23-20(24-28-21)7-12-27-16-17-5-10-26-11-6-17/h1,3,8,13,17,19H,2,4-7,9-12,14-16H2. The molecule has 7 nitrogen and oxygen atoms in total. The Bertz CT molecular complexity index is 703. The van der Waals surface area contributed by atoms with Crippen LogP contribution in [0.3, 0.4) is 0 Å². The zero-order chi connectivity index (χ0) is 19.0. The normalized spacial score (nSPS) is 21.8. The molecule has 0 N–H and O–H groups in total. The first-order chi connectivity index (χ1) is 13.9. The summed E-state index contributed by atoms with van der Waals surface area (Å²) in [5.74, 6) is 2.47. The number of hydrogen-bond acceptors (Lipinski definition) is 7. The molecule has 0 spiro atoms. The number of ether oxygens (including phenoxy) is 2. The molecule has 2 aliphatic rings. The van der Waals surface area contributed by atoms with Crippen molar-refractivity contribution >= 4 is 0 Å². The van der Waals surface area contributed by atoms with Crippen molar-refractivity contribution in [1.82, 2.24) is 20.0 Å². The summed E-state index contributed by atoms with van der Waals surface area (Å²) >= 11 is 0. The van der Waals surface area contributed by atoms with Crippen molar-refractivity contribution in [2.45, 2.75) is 44.6 Å². The molecule has 2 fully saturated rings. The van der Waals surface area contributed by atoms with Crippen LogP contribution in [0.25, 0.3) is 0 Å². The van der Waals surface area contributed by atoms with E-state index < -0.39 is 0 Å². The van der Waals surface area contributed by atoms with E-state index in [0.29, 0.717) is 24.9 Å². The van der Waals surface area contributed by atoms with Crippen molar-refractivity contribution < 1.29 is 14.0 Å². The molecule has 2 aromatic rings. The maximum absolute atomic E-state index is 5.82. The van der Waals surface area contributed by atoms with Crippen LogP contribution in [-0.4, -0.2) is 59.5 Å². The molecule has 0 amide bonds. The number of rotatable bonds is 8. The molecule has 7 heteroatoms. The number of aromatic nitrogens is 3. The first kappa shape index (κ1) is 19.5. The molecule has 2 saturated heterocycles. The lowest BCUT2D eigenvalue weighted by Crippen LogP contribution is -2.34. The molecule has 1 unspecified atom stereocenters. The Morgan fingerprint density at radius 3 is 3.00 bits per heavy atom. The molecule has 4 rings (SSSR count). The molecule has 2 aromatic heterocycles. The van der Waals surface area contributed by atoms with E-state index in [1.54, 1.807) is 0 Å². The van der Waals surface area contributed by atoms with Gasteiger partial charge in [-0.05, 0) is 49.8 Å². The van der Waals surface area contributed by atoms with Gasteiger partial charge < -0.3 is 14.0 Å². The molecule has 0 radical (unpaired) electrons. The molecule has 0 aromatic carbocycles. The highest BCUT2D eigenvalue weighted by atomic mass is 16.5. The Morgan fingerprint density at radius 1 is 1.21 bits per heavy atom. The molecule has 1 atom stereocenters. The van der Waals surface area contributed by atoms with Gasteiger partial charge in [0, 0.05) is 51.7 Å². The van der Waals surface area contributed by atoms with Gasteiger partial charge in [-0.3, -0.25) is 9.88 Å². The van der Waals surface area contributed by atoms with Crippen LogP contribution in [0, 0.1) is 5.92 Å². The molecule has 4 heterocycles. The van der Waals surface area contributed by atoms with Gasteiger partial charge in [-0.1, -0.05) is 11.2 Å². The van der Waals surface area contributed by atoms with E-state index in [0.717, 1.165) is 76.9 Å². The number of likely N-dealkylation sites (tertiary alicyclic amines) is 1. The van der Waals surface area contributed by atoms with E-state index in [1.165, 1.54) is 5.56 Å². The minimum absolute atomic E-state index is 0.315. The number of piperidine rings is 1. The van der Waals surface area contributed by atoms with Crippen molar-refractivity contribution in [1.29, 1.82) is 0 Å². The van der Waals surface area contributed by atoms with Crippen molar-refractivity contribution in [2.24, 2.45) is 5.92 Å². The lowest BCUT2D eigenvalue weighted by Gasteiger charge is -2.30. The fraction of sp³-hybridized carbons (Fsp3) is 0.667. The van der Waals surface area contributed by atoms with Crippen molar-refractivity contribution in [3.8, 4) is 0 Å². The van der Waals surface area contributed by atoms with E-state index in [9.17, 15) is 0 Å². The second-order valence-corrected chi connectivity index (χ2v) is 7.87. The third-order valence-corrected chi connectivity index (χ3v) is 5.63. The average Bonchev–Trinajstić information content (AvgIpc) is 3.22. The minimum Gasteiger partial charge on any atom is -0.381 e.